The molecule has 0 bridgehead atoms. The number of amides is 2. The second-order valence-electron chi connectivity index (χ2n) is 5.64. The fourth-order valence-corrected chi connectivity index (χ4v) is 2.46. The van der Waals surface area contributed by atoms with Gasteiger partial charge < -0.3 is 15.5 Å². The van der Waals surface area contributed by atoms with E-state index in [9.17, 15) is 9.59 Å². The van der Waals surface area contributed by atoms with Crippen molar-refractivity contribution in [1.29, 1.82) is 0 Å². The molecule has 2 heterocycles. The molecule has 0 unspecified atom stereocenters. The Morgan fingerprint density at radius 3 is 2.62 bits per heavy atom. The van der Waals surface area contributed by atoms with E-state index >= 15 is 0 Å². The third kappa shape index (κ3) is 3.71. The summed E-state index contributed by atoms with van der Waals surface area (Å²) in [6.07, 6.45) is 5.96. The average molecular weight is 288 g/mol. The normalized spacial score (nSPS) is 17.6. The van der Waals surface area contributed by atoms with Gasteiger partial charge in [-0.3, -0.25) is 9.59 Å². The van der Waals surface area contributed by atoms with Crippen LogP contribution in [0, 0.1) is 5.92 Å². The number of pyridine rings is 1. The molecule has 0 aromatic carbocycles. The zero-order valence-corrected chi connectivity index (χ0v) is 12.0. The van der Waals surface area contributed by atoms with Crippen LogP contribution in [0.3, 0.4) is 0 Å². The summed E-state index contributed by atoms with van der Waals surface area (Å²) >= 11 is 0. The number of nitrogens with zero attached hydrogens (tertiary/aromatic N) is 2. The van der Waals surface area contributed by atoms with Crippen LogP contribution in [0.2, 0.25) is 0 Å². The molecule has 1 aromatic heterocycles. The SMILES string of the molecule is O=C(CNC(=O)C1CC1)Nc1ccc(N2CCCC2)nc1. The van der Waals surface area contributed by atoms with Crippen molar-refractivity contribution in [3.63, 3.8) is 0 Å². The standard InChI is InChI=1S/C15H20N4O2/c20-14(10-17-15(21)11-3-4-11)18-12-5-6-13(16-9-12)19-7-1-2-8-19/h5-6,9,11H,1-4,7-8,10H2,(H,17,21)(H,18,20). The summed E-state index contributed by atoms with van der Waals surface area (Å²) in [6.45, 7) is 2.11. The highest BCUT2D eigenvalue weighted by atomic mass is 16.2. The van der Waals surface area contributed by atoms with E-state index in [-0.39, 0.29) is 24.3 Å². The summed E-state index contributed by atoms with van der Waals surface area (Å²) in [4.78, 5) is 29.8. The molecule has 1 aliphatic heterocycles. The molecule has 0 atom stereocenters. The molecule has 2 amide bonds. The number of rotatable bonds is 5. The number of carbonyl (C=O) groups is 2. The molecule has 0 radical (unpaired) electrons. The third-order valence-electron chi connectivity index (χ3n) is 3.83. The lowest BCUT2D eigenvalue weighted by Gasteiger charge is -2.16. The molecule has 1 aromatic rings. The first-order valence-electron chi connectivity index (χ1n) is 7.51. The van der Waals surface area contributed by atoms with Crippen molar-refractivity contribution in [3.8, 4) is 0 Å². The first-order valence-corrected chi connectivity index (χ1v) is 7.51. The highest BCUT2D eigenvalue weighted by Gasteiger charge is 2.29. The Balaban J connectivity index is 1.47. The highest BCUT2D eigenvalue weighted by molar-refractivity contribution is 5.95. The number of carbonyl (C=O) groups excluding carboxylic acids is 2. The van der Waals surface area contributed by atoms with E-state index in [1.54, 1.807) is 6.20 Å². The maximum absolute atomic E-state index is 11.7. The lowest BCUT2D eigenvalue weighted by atomic mass is 10.3. The molecular weight excluding hydrogens is 268 g/mol. The van der Waals surface area contributed by atoms with Crippen LogP contribution in [0.25, 0.3) is 0 Å². The van der Waals surface area contributed by atoms with Gasteiger partial charge in [-0.1, -0.05) is 0 Å². The quantitative estimate of drug-likeness (QED) is 0.852. The molecule has 6 nitrogen and oxygen atoms in total. The van der Waals surface area contributed by atoms with Crippen molar-refractivity contribution in [2.75, 3.05) is 29.9 Å². The van der Waals surface area contributed by atoms with Crippen LogP contribution < -0.4 is 15.5 Å². The van der Waals surface area contributed by atoms with Crippen LogP contribution >= 0.6 is 0 Å². The number of nitrogens with one attached hydrogen (secondary N) is 2. The monoisotopic (exact) mass is 288 g/mol. The minimum Gasteiger partial charge on any atom is -0.357 e. The predicted molar refractivity (Wildman–Crippen MR) is 80.0 cm³/mol. The third-order valence-corrected chi connectivity index (χ3v) is 3.83. The van der Waals surface area contributed by atoms with Crippen LogP contribution in [0.5, 0.6) is 0 Å². The van der Waals surface area contributed by atoms with Crippen molar-refractivity contribution in [1.82, 2.24) is 10.3 Å². The van der Waals surface area contributed by atoms with Crippen LogP contribution in [-0.2, 0) is 9.59 Å². The lowest BCUT2D eigenvalue weighted by molar-refractivity contribution is -0.125. The minimum absolute atomic E-state index is 0.0171. The summed E-state index contributed by atoms with van der Waals surface area (Å²) in [5.41, 5.74) is 0.656. The Morgan fingerprint density at radius 1 is 1.24 bits per heavy atom. The maximum Gasteiger partial charge on any atom is 0.243 e. The minimum atomic E-state index is -0.222. The van der Waals surface area contributed by atoms with Crippen molar-refractivity contribution >= 4 is 23.3 Å². The Hall–Kier alpha value is -2.11. The van der Waals surface area contributed by atoms with Gasteiger partial charge in [0.2, 0.25) is 11.8 Å². The topological polar surface area (TPSA) is 74.3 Å². The summed E-state index contributed by atoms with van der Waals surface area (Å²) < 4.78 is 0. The van der Waals surface area contributed by atoms with E-state index in [0.29, 0.717) is 5.69 Å². The molecule has 3 rings (SSSR count). The van der Waals surface area contributed by atoms with Crippen LogP contribution in [0.4, 0.5) is 11.5 Å². The molecule has 112 valence electrons. The zero-order valence-electron chi connectivity index (χ0n) is 12.0. The highest BCUT2D eigenvalue weighted by Crippen LogP contribution is 2.28. The van der Waals surface area contributed by atoms with E-state index in [0.717, 1.165) is 31.7 Å². The van der Waals surface area contributed by atoms with Gasteiger partial charge in [0.25, 0.3) is 0 Å². The van der Waals surface area contributed by atoms with Crippen molar-refractivity contribution in [2.45, 2.75) is 25.7 Å². The largest absolute Gasteiger partial charge is 0.357 e. The zero-order chi connectivity index (χ0) is 14.7. The van der Waals surface area contributed by atoms with E-state index in [4.69, 9.17) is 0 Å². The summed E-state index contributed by atoms with van der Waals surface area (Å²) in [5, 5.41) is 5.38. The van der Waals surface area contributed by atoms with Crippen LogP contribution in [-0.4, -0.2) is 36.4 Å². The van der Waals surface area contributed by atoms with Crippen LogP contribution in [0.15, 0.2) is 18.3 Å². The molecule has 0 spiro atoms. The summed E-state index contributed by atoms with van der Waals surface area (Å²) in [5.74, 6) is 0.833. The molecular formula is C15H20N4O2. The smallest absolute Gasteiger partial charge is 0.243 e. The van der Waals surface area contributed by atoms with Gasteiger partial charge in [0.15, 0.2) is 0 Å². The fourth-order valence-electron chi connectivity index (χ4n) is 2.46. The molecule has 2 fully saturated rings. The van der Waals surface area contributed by atoms with Gasteiger partial charge in [0.1, 0.15) is 5.82 Å². The first kappa shape index (κ1) is 13.9. The Bertz CT molecular complexity index is 519. The number of hydrogen-bond donors (Lipinski definition) is 2. The lowest BCUT2D eigenvalue weighted by Crippen LogP contribution is -2.33. The molecule has 21 heavy (non-hydrogen) atoms. The van der Waals surface area contributed by atoms with Gasteiger partial charge in [-0.05, 0) is 37.8 Å². The maximum atomic E-state index is 11.7. The van der Waals surface area contributed by atoms with E-state index in [1.807, 2.05) is 12.1 Å². The first-order chi connectivity index (χ1) is 10.2. The van der Waals surface area contributed by atoms with Gasteiger partial charge in [0.05, 0.1) is 18.4 Å². The van der Waals surface area contributed by atoms with Crippen molar-refractivity contribution in [2.24, 2.45) is 5.92 Å². The Labute approximate surface area is 123 Å². The van der Waals surface area contributed by atoms with Crippen LogP contribution in [0.1, 0.15) is 25.7 Å². The van der Waals surface area contributed by atoms with Gasteiger partial charge in [0, 0.05) is 19.0 Å². The molecule has 1 saturated carbocycles. The summed E-state index contributed by atoms with van der Waals surface area (Å²) in [6, 6.07) is 3.77. The molecule has 2 N–H and O–H groups in total. The second kappa shape index (κ2) is 6.11. The Morgan fingerprint density at radius 2 is 2.00 bits per heavy atom. The fraction of sp³-hybridized carbons (Fsp3) is 0.533. The average Bonchev–Trinajstić information content (AvgIpc) is 3.21. The van der Waals surface area contributed by atoms with Gasteiger partial charge in [-0.25, -0.2) is 4.98 Å². The Kier molecular flexibility index (Phi) is 4.03. The number of anilines is 2. The second-order valence-corrected chi connectivity index (χ2v) is 5.64. The van der Waals surface area contributed by atoms with Crippen molar-refractivity contribution < 1.29 is 9.59 Å². The number of aromatic nitrogens is 1. The van der Waals surface area contributed by atoms with E-state index in [2.05, 4.69) is 20.5 Å². The predicted octanol–water partition coefficient (Wildman–Crippen LogP) is 1.15. The number of hydrogen-bond acceptors (Lipinski definition) is 4. The van der Waals surface area contributed by atoms with E-state index in [1.165, 1.54) is 12.8 Å². The molecule has 6 heteroatoms. The van der Waals surface area contributed by atoms with Gasteiger partial charge in [-0.15, -0.1) is 0 Å². The molecule has 1 saturated heterocycles. The summed E-state index contributed by atoms with van der Waals surface area (Å²) in [7, 11) is 0. The van der Waals surface area contributed by atoms with Crippen molar-refractivity contribution in [3.05, 3.63) is 18.3 Å². The molecule has 1 aliphatic carbocycles. The van der Waals surface area contributed by atoms with E-state index < -0.39 is 0 Å². The van der Waals surface area contributed by atoms with Gasteiger partial charge in [-0.2, -0.15) is 0 Å². The molecule has 2 aliphatic rings. The van der Waals surface area contributed by atoms with Gasteiger partial charge >= 0.3 is 0 Å².